The molecular weight excluding hydrogens is 553 g/mol. The van der Waals surface area contributed by atoms with Crippen LogP contribution in [0.3, 0.4) is 0 Å². The van der Waals surface area contributed by atoms with Gasteiger partial charge in [-0.15, -0.1) is 0 Å². The number of benzene rings is 2. The predicted octanol–water partition coefficient (Wildman–Crippen LogP) is 5.25. The highest BCUT2D eigenvalue weighted by molar-refractivity contribution is 5.68. The van der Waals surface area contributed by atoms with E-state index in [0.29, 0.717) is 10.6 Å². The lowest BCUT2D eigenvalue weighted by Gasteiger charge is -2.23. The van der Waals surface area contributed by atoms with E-state index in [2.05, 4.69) is 5.32 Å². The van der Waals surface area contributed by atoms with Gasteiger partial charge in [0, 0.05) is 22.9 Å². The van der Waals surface area contributed by atoms with Crippen LogP contribution in [0.5, 0.6) is 5.75 Å². The van der Waals surface area contributed by atoms with Crippen molar-refractivity contribution in [2.45, 2.75) is 65.5 Å². The summed E-state index contributed by atoms with van der Waals surface area (Å²) in [6.07, 6.45) is -5.79. The largest absolute Gasteiger partial charge is 0.494 e. The van der Waals surface area contributed by atoms with Crippen molar-refractivity contribution in [2.24, 2.45) is 0 Å². The summed E-state index contributed by atoms with van der Waals surface area (Å²) in [4.78, 5) is 39.5. The third-order valence-electron chi connectivity index (χ3n) is 6.10. The second-order valence-corrected chi connectivity index (χ2v) is 10.4. The molecule has 0 saturated heterocycles. The first-order valence-corrected chi connectivity index (χ1v) is 12.5. The maximum atomic E-state index is 15.3. The van der Waals surface area contributed by atoms with Gasteiger partial charge in [-0.1, -0.05) is 18.2 Å². The van der Waals surface area contributed by atoms with Crippen LogP contribution in [0.2, 0.25) is 0 Å². The average Bonchev–Trinajstić information content (AvgIpc) is 2.84. The molecule has 222 valence electrons. The van der Waals surface area contributed by atoms with Crippen LogP contribution in [0.15, 0.2) is 46.0 Å². The van der Waals surface area contributed by atoms with E-state index >= 15 is 4.39 Å². The number of carbonyl (C=O) groups excluding carboxylic acids is 1. The number of halogens is 5. The molecule has 3 aromatic rings. The lowest BCUT2D eigenvalue weighted by Crippen LogP contribution is -2.48. The second-order valence-electron chi connectivity index (χ2n) is 10.4. The van der Waals surface area contributed by atoms with Gasteiger partial charge in [0.25, 0.3) is 5.56 Å². The summed E-state index contributed by atoms with van der Waals surface area (Å²) >= 11 is 0. The molecule has 0 aliphatic rings. The van der Waals surface area contributed by atoms with E-state index in [1.807, 2.05) is 0 Å². The molecule has 3 rings (SSSR count). The first-order chi connectivity index (χ1) is 19.0. The van der Waals surface area contributed by atoms with Gasteiger partial charge in [0.2, 0.25) is 0 Å². The number of methoxy groups -OCH3 is 1. The zero-order valence-corrected chi connectivity index (χ0v) is 23.3. The van der Waals surface area contributed by atoms with Gasteiger partial charge in [0.1, 0.15) is 11.4 Å². The summed E-state index contributed by atoms with van der Waals surface area (Å²) < 4.78 is 82.9. The van der Waals surface area contributed by atoms with E-state index in [0.717, 1.165) is 16.7 Å². The van der Waals surface area contributed by atoms with Crippen molar-refractivity contribution < 1.29 is 36.2 Å². The molecule has 0 radical (unpaired) electrons. The molecular formula is C28H30F5N3O5. The Morgan fingerprint density at radius 1 is 1.02 bits per heavy atom. The lowest BCUT2D eigenvalue weighted by atomic mass is 10.0. The van der Waals surface area contributed by atoms with Crippen LogP contribution >= 0.6 is 0 Å². The highest BCUT2D eigenvalue weighted by Gasteiger charge is 2.35. The van der Waals surface area contributed by atoms with Gasteiger partial charge < -0.3 is 14.8 Å². The summed E-state index contributed by atoms with van der Waals surface area (Å²) in [5.74, 6) is -2.40. The fourth-order valence-electron chi connectivity index (χ4n) is 4.29. The molecule has 1 amide bonds. The molecule has 2 aromatic carbocycles. The first-order valence-electron chi connectivity index (χ1n) is 12.5. The first kappa shape index (κ1) is 31.4. The van der Waals surface area contributed by atoms with Crippen LogP contribution in [-0.4, -0.2) is 34.0 Å². The third kappa shape index (κ3) is 6.95. The zero-order chi connectivity index (χ0) is 30.9. The number of nitrogens with one attached hydrogen (secondary N) is 1. The number of rotatable bonds is 7. The fourth-order valence-corrected chi connectivity index (χ4v) is 4.29. The normalized spacial score (nSPS) is 12.7. The number of alkyl halides is 3. The van der Waals surface area contributed by atoms with Gasteiger partial charge >= 0.3 is 18.0 Å². The molecule has 0 aliphatic carbocycles. The molecule has 13 heteroatoms. The number of amides is 1. The lowest BCUT2D eigenvalue weighted by molar-refractivity contribution is -0.138. The molecule has 1 N–H and O–H groups in total. The quantitative estimate of drug-likeness (QED) is 0.384. The molecule has 1 atom stereocenters. The zero-order valence-electron chi connectivity index (χ0n) is 23.3. The standard InChI is InChI=1S/C28H30F5N3O5/c1-15(34-25(38)41-27(3,4)5)13-36-24(37)22(17-9-7-12-21(40-6)23(17)30)16(2)35(26(36)39)14-18-19(28(31,32)33)10-8-11-20(18)29/h7-12,15H,13-14H2,1-6H3,(H,34,38)/t15-/m1/s1. The molecule has 8 nitrogen and oxygen atoms in total. The maximum absolute atomic E-state index is 15.3. The van der Waals surface area contributed by atoms with Gasteiger partial charge in [-0.25, -0.2) is 18.4 Å². The number of nitrogens with zero attached hydrogens (tertiary/aromatic N) is 2. The molecule has 0 bridgehead atoms. The molecule has 0 aliphatic heterocycles. The Morgan fingerprint density at radius 3 is 2.24 bits per heavy atom. The third-order valence-corrected chi connectivity index (χ3v) is 6.10. The van der Waals surface area contributed by atoms with Crippen LogP contribution in [-0.2, 0) is 24.0 Å². The Hall–Kier alpha value is -4.16. The Morgan fingerprint density at radius 2 is 1.66 bits per heavy atom. The van der Waals surface area contributed by atoms with Crippen molar-refractivity contribution in [2.75, 3.05) is 7.11 Å². The minimum absolute atomic E-state index is 0.201. The number of aromatic nitrogens is 2. The van der Waals surface area contributed by atoms with Crippen molar-refractivity contribution in [1.82, 2.24) is 14.5 Å². The second kappa shape index (κ2) is 11.8. The summed E-state index contributed by atoms with van der Waals surface area (Å²) in [6, 6.07) is 5.41. The SMILES string of the molecule is COc1cccc(-c2c(C)n(Cc3c(F)cccc3C(F)(F)F)c(=O)n(C[C@@H](C)NC(=O)OC(C)(C)C)c2=O)c1F. The Bertz CT molecular complexity index is 1570. The molecule has 1 heterocycles. The number of hydrogen-bond acceptors (Lipinski definition) is 5. The topological polar surface area (TPSA) is 91.6 Å². The van der Waals surface area contributed by atoms with Crippen molar-refractivity contribution >= 4 is 6.09 Å². The summed E-state index contributed by atoms with van der Waals surface area (Å²) in [7, 11) is 1.20. The predicted molar refractivity (Wildman–Crippen MR) is 141 cm³/mol. The highest BCUT2D eigenvalue weighted by Crippen LogP contribution is 2.34. The fraction of sp³-hybridized carbons (Fsp3) is 0.393. The maximum Gasteiger partial charge on any atom is 0.416 e. The smallest absolute Gasteiger partial charge is 0.416 e. The van der Waals surface area contributed by atoms with E-state index < -0.39 is 71.0 Å². The van der Waals surface area contributed by atoms with Crippen LogP contribution in [0.25, 0.3) is 11.1 Å². The van der Waals surface area contributed by atoms with Gasteiger partial charge in [0.05, 0.1) is 31.3 Å². The number of carbonyl (C=O) groups is 1. The van der Waals surface area contributed by atoms with Crippen molar-refractivity contribution in [1.29, 1.82) is 0 Å². The monoisotopic (exact) mass is 583 g/mol. The summed E-state index contributed by atoms with van der Waals surface area (Å²) in [6.45, 7) is 6.23. The molecule has 41 heavy (non-hydrogen) atoms. The van der Waals surface area contributed by atoms with Crippen molar-refractivity contribution in [3.8, 4) is 16.9 Å². The minimum atomic E-state index is -4.95. The Kier molecular flexibility index (Phi) is 8.99. The van der Waals surface area contributed by atoms with E-state index in [1.165, 1.54) is 39.2 Å². The van der Waals surface area contributed by atoms with E-state index in [-0.39, 0.29) is 22.6 Å². The Labute approximate surface area is 232 Å². The van der Waals surface area contributed by atoms with Crippen LogP contribution in [0.1, 0.15) is 44.5 Å². The van der Waals surface area contributed by atoms with Crippen molar-refractivity contribution in [3.63, 3.8) is 0 Å². The molecule has 0 unspecified atom stereocenters. The van der Waals surface area contributed by atoms with E-state index in [4.69, 9.17) is 9.47 Å². The van der Waals surface area contributed by atoms with Gasteiger partial charge in [-0.3, -0.25) is 13.9 Å². The molecule has 0 fully saturated rings. The Balaban J connectivity index is 2.26. The number of ether oxygens (including phenoxy) is 2. The van der Waals surface area contributed by atoms with Gasteiger partial charge in [0.15, 0.2) is 11.6 Å². The van der Waals surface area contributed by atoms with Crippen LogP contribution < -0.4 is 21.3 Å². The molecule has 0 spiro atoms. The van der Waals surface area contributed by atoms with Crippen LogP contribution in [0.4, 0.5) is 26.7 Å². The number of hydrogen-bond donors (Lipinski definition) is 1. The summed E-state index contributed by atoms with van der Waals surface area (Å²) in [5, 5.41) is 2.48. The minimum Gasteiger partial charge on any atom is -0.494 e. The van der Waals surface area contributed by atoms with E-state index in [9.17, 15) is 31.9 Å². The van der Waals surface area contributed by atoms with Gasteiger partial charge in [-0.05, 0) is 52.8 Å². The molecule has 1 aromatic heterocycles. The highest BCUT2D eigenvalue weighted by atomic mass is 19.4. The average molecular weight is 584 g/mol. The van der Waals surface area contributed by atoms with Crippen LogP contribution in [0, 0.1) is 18.6 Å². The van der Waals surface area contributed by atoms with Gasteiger partial charge in [-0.2, -0.15) is 13.2 Å². The number of alkyl carbamates (subject to hydrolysis) is 1. The molecule has 0 saturated carbocycles. The summed E-state index contributed by atoms with van der Waals surface area (Å²) in [5.41, 5.74) is -5.89. The van der Waals surface area contributed by atoms with E-state index in [1.54, 1.807) is 20.8 Å². The van der Waals surface area contributed by atoms with Crippen molar-refractivity contribution in [3.05, 3.63) is 85.7 Å².